The smallest absolute Gasteiger partial charge is 0.146 e. The first-order valence-corrected chi connectivity index (χ1v) is 9.56. The lowest BCUT2D eigenvalue weighted by Crippen LogP contribution is -2.26. The Morgan fingerprint density at radius 1 is 0.875 bits per heavy atom. The van der Waals surface area contributed by atoms with Gasteiger partial charge in [0.15, 0.2) is 0 Å². The van der Waals surface area contributed by atoms with Gasteiger partial charge >= 0.3 is 0 Å². The van der Waals surface area contributed by atoms with Gasteiger partial charge in [-0.2, -0.15) is 0 Å². The minimum absolute atomic E-state index is 0.0627. The molecular formula is C19H24O3S2. The Morgan fingerprint density at radius 3 is 1.75 bits per heavy atom. The maximum absolute atomic E-state index is 10.5. The third-order valence-corrected chi connectivity index (χ3v) is 6.11. The minimum Gasteiger partial charge on any atom is -0.389 e. The summed E-state index contributed by atoms with van der Waals surface area (Å²) < 4.78 is 10.2. The van der Waals surface area contributed by atoms with E-state index in [-0.39, 0.29) is 18.0 Å². The van der Waals surface area contributed by atoms with E-state index in [0.717, 1.165) is 9.79 Å². The molecule has 0 aliphatic rings. The number of rotatable bonds is 9. The molecule has 5 heteroatoms. The van der Waals surface area contributed by atoms with Crippen molar-refractivity contribution in [2.45, 2.75) is 34.3 Å². The van der Waals surface area contributed by atoms with E-state index in [2.05, 4.69) is 62.4 Å². The summed E-state index contributed by atoms with van der Waals surface area (Å²) in [6.45, 7) is 4.57. The highest BCUT2D eigenvalue weighted by Crippen LogP contribution is 2.37. The molecule has 0 radical (unpaired) electrons. The lowest BCUT2D eigenvalue weighted by Gasteiger charge is -2.22. The number of benzene rings is 2. The number of aliphatic hydroxyl groups excluding tert-OH is 1. The van der Waals surface area contributed by atoms with E-state index < -0.39 is 6.10 Å². The van der Waals surface area contributed by atoms with E-state index in [1.807, 2.05) is 0 Å². The lowest BCUT2D eigenvalue weighted by atomic mass is 10.2. The van der Waals surface area contributed by atoms with Gasteiger partial charge in [-0.1, -0.05) is 35.4 Å². The van der Waals surface area contributed by atoms with Crippen LogP contribution in [0.3, 0.4) is 0 Å². The third-order valence-electron chi connectivity index (χ3n) is 3.35. The minimum atomic E-state index is -0.599. The van der Waals surface area contributed by atoms with Crippen LogP contribution in [0.15, 0.2) is 58.3 Å². The van der Waals surface area contributed by atoms with Crippen molar-refractivity contribution in [1.29, 1.82) is 0 Å². The van der Waals surface area contributed by atoms with Gasteiger partial charge in [-0.15, -0.1) is 23.5 Å². The Bertz CT molecular complexity index is 552. The van der Waals surface area contributed by atoms with Crippen molar-refractivity contribution >= 4 is 23.5 Å². The summed E-state index contributed by atoms with van der Waals surface area (Å²) in [5.41, 5.74) is 2.46. The molecule has 2 aromatic carbocycles. The monoisotopic (exact) mass is 364 g/mol. The van der Waals surface area contributed by atoms with Gasteiger partial charge in [0.1, 0.15) is 6.79 Å². The van der Waals surface area contributed by atoms with E-state index in [1.54, 1.807) is 30.6 Å². The van der Waals surface area contributed by atoms with Gasteiger partial charge in [0.05, 0.1) is 17.3 Å². The van der Waals surface area contributed by atoms with Crippen LogP contribution in [-0.2, 0) is 9.47 Å². The van der Waals surface area contributed by atoms with Gasteiger partial charge in [0, 0.05) is 16.9 Å². The van der Waals surface area contributed by atoms with Gasteiger partial charge in [0.25, 0.3) is 0 Å². The molecular weight excluding hydrogens is 340 g/mol. The number of methoxy groups -OCH3 is 1. The van der Waals surface area contributed by atoms with Crippen LogP contribution in [0.1, 0.15) is 11.1 Å². The second-order valence-corrected chi connectivity index (χ2v) is 8.30. The normalized spacial score (nSPS) is 12.5. The van der Waals surface area contributed by atoms with E-state index in [4.69, 9.17) is 9.47 Å². The first kappa shape index (κ1) is 19.3. The van der Waals surface area contributed by atoms with Crippen molar-refractivity contribution in [3.63, 3.8) is 0 Å². The summed E-state index contributed by atoms with van der Waals surface area (Å²) in [7, 11) is 1.58. The first-order chi connectivity index (χ1) is 11.6. The number of ether oxygens (including phenoxy) is 2. The average molecular weight is 365 g/mol. The van der Waals surface area contributed by atoms with Crippen molar-refractivity contribution in [3.05, 3.63) is 59.7 Å². The van der Waals surface area contributed by atoms with Crippen molar-refractivity contribution < 1.29 is 14.6 Å². The molecule has 0 aliphatic heterocycles. The molecule has 0 saturated heterocycles. The summed E-state index contributed by atoms with van der Waals surface area (Å²) in [4.78, 5) is 2.27. The van der Waals surface area contributed by atoms with Crippen LogP contribution in [0.4, 0.5) is 0 Å². The largest absolute Gasteiger partial charge is 0.389 e. The predicted octanol–water partition coefficient (Wildman–Crippen LogP) is 4.50. The molecule has 0 fully saturated rings. The zero-order chi connectivity index (χ0) is 17.4. The molecule has 0 spiro atoms. The number of aryl methyl sites for hydroxylation is 2. The predicted molar refractivity (Wildman–Crippen MR) is 102 cm³/mol. The van der Waals surface area contributed by atoms with Gasteiger partial charge in [-0.25, -0.2) is 0 Å². The van der Waals surface area contributed by atoms with Crippen LogP contribution in [0.25, 0.3) is 0 Å². The summed E-state index contributed by atoms with van der Waals surface area (Å²) in [6.07, 6.45) is -0.599. The fourth-order valence-electron chi connectivity index (χ4n) is 2.01. The second-order valence-electron chi connectivity index (χ2n) is 5.57. The number of thioether (sulfide) groups is 2. The fraction of sp³-hybridized carbons (Fsp3) is 0.368. The van der Waals surface area contributed by atoms with Gasteiger partial charge in [-0.3, -0.25) is 0 Å². The summed E-state index contributed by atoms with van der Waals surface area (Å²) in [5.74, 6) is 0. The zero-order valence-electron chi connectivity index (χ0n) is 14.3. The van der Waals surface area contributed by atoms with E-state index in [0.29, 0.717) is 0 Å². The molecule has 3 nitrogen and oxygen atoms in total. The van der Waals surface area contributed by atoms with E-state index >= 15 is 0 Å². The van der Waals surface area contributed by atoms with Crippen LogP contribution >= 0.6 is 23.5 Å². The molecule has 2 aromatic rings. The Labute approximate surface area is 152 Å². The topological polar surface area (TPSA) is 38.7 Å². The molecule has 0 aromatic heterocycles. The van der Waals surface area contributed by atoms with Crippen molar-refractivity contribution in [2.24, 2.45) is 0 Å². The molecule has 24 heavy (non-hydrogen) atoms. The third kappa shape index (κ3) is 6.49. The highest BCUT2D eigenvalue weighted by atomic mass is 32.2. The Hall–Kier alpha value is -0.980. The molecule has 1 atom stereocenters. The van der Waals surface area contributed by atoms with Crippen molar-refractivity contribution in [3.8, 4) is 0 Å². The molecule has 0 bridgehead atoms. The number of hydrogen-bond donors (Lipinski definition) is 1. The maximum atomic E-state index is 10.5. The number of hydrogen-bond acceptors (Lipinski definition) is 5. The fourth-order valence-corrected chi connectivity index (χ4v) is 4.47. The maximum Gasteiger partial charge on any atom is 0.146 e. The Morgan fingerprint density at radius 2 is 1.33 bits per heavy atom. The molecule has 0 aliphatic carbocycles. The quantitative estimate of drug-likeness (QED) is 0.403. The van der Waals surface area contributed by atoms with Crippen LogP contribution in [0.2, 0.25) is 0 Å². The molecule has 1 N–H and O–H groups in total. The van der Waals surface area contributed by atoms with Gasteiger partial charge in [-0.05, 0) is 38.1 Å². The highest BCUT2D eigenvalue weighted by Gasteiger charge is 2.22. The SMILES string of the molecule is COCOC[C@H](O)C(Sc1ccc(C)cc1)Sc1ccc(C)cc1. The molecule has 0 heterocycles. The number of aliphatic hydroxyl groups is 1. The molecule has 0 unspecified atom stereocenters. The van der Waals surface area contributed by atoms with Crippen LogP contribution in [-0.4, -0.2) is 36.3 Å². The van der Waals surface area contributed by atoms with Crippen LogP contribution < -0.4 is 0 Å². The van der Waals surface area contributed by atoms with Gasteiger partial charge in [0.2, 0.25) is 0 Å². The van der Waals surface area contributed by atoms with Crippen LogP contribution in [0, 0.1) is 13.8 Å². The van der Waals surface area contributed by atoms with Crippen LogP contribution in [0.5, 0.6) is 0 Å². The Balaban J connectivity index is 2.07. The summed E-state index contributed by atoms with van der Waals surface area (Å²) in [5, 5.41) is 10.5. The second kappa shape index (κ2) is 10.1. The summed E-state index contributed by atoms with van der Waals surface area (Å²) in [6, 6.07) is 16.7. The van der Waals surface area contributed by atoms with Crippen molar-refractivity contribution in [2.75, 3.05) is 20.5 Å². The van der Waals surface area contributed by atoms with E-state index in [1.165, 1.54) is 11.1 Å². The zero-order valence-corrected chi connectivity index (χ0v) is 15.9. The highest BCUT2D eigenvalue weighted by molar-refractivity contribution is 8.17. The molecule has 0 amide bonds. The standard InChI is InChI=1S/C19H24O3S2/c1-14-4-8-16(9-5-14)23-19(18(20)12-22-13-21-3)24-17-10-6-15(2)7-11-17/h4-11,18-20H,12-13H2,1-3H3/t18-/m0/s1. The lowest BCUT2D eigenvalue weighted by molar-refractivity contribution is -0.0581. The van der Waals surface area contributed by atoms with Gasteiger partial charge < -0.3 is 14.6 Å². The van der Waals surface area contributed by atoms with E-state index in [9.17, 15) is 5.11 Å². The Kier molecular flexibility index (Phi) is 8.15. The summed E-state index contributed by atoms with van der Waals surface area (Å²) >= 11 is 3.31. The molecule has 0 saturated carbocycles. The van der Waals surface area contributed by atoms with Crippen molar-refractivity contribution in [1.82, 2.24) is 0 Å². The molecule has 2 rings (SSSR count). The first-order valence-electron chi connectivity index (χ1n) is 7.80. The average Bonchev–Trinajstić information content (AvgIpc) is 2.58. The molecule has 130 valence electrons.